The molecule has 154 valence electrons. The van der Waals surface area contributed by atoms with Gasteiger partial charge < -0.3 is 4.74 Å². The summed E-state index contributed by atoms with van der Waals surface area (Å²) in [6, 6.07) is 26.8. The maximum Gasteiger partial charge on any atom is 0.271 e. The van der Waals surface area contributed by atoms with Crippen molar-refractivity contribution in [3.05, 3.63) is 111 Å². The van der Waals surface area contributed by atoms with Crippen LogP contribution in [0, 0.1) is 0 Å². The highest BCUT2D eigenvalue weighted by molar-refractivity contribution is 9.10. The van der Waals surface area contributed by atoms with Gasteiger partial charge in [-0.15, -0.1) is 0 Å². The van der Waals surface area contributed by atoms with Crippen molar-refractivity contribution < 1.29 is 9.53 Å². The number of hydrogen-bond acceptors (Lipinski definition) is 3. The van der Waals surface area contributed by atoms with Gasteiger partial charge in [-0.05, 0) is 74.2 Å². The topological polar surface area (TPSA) is 50.7 Å². The molecule has 4 nitrogen and oxygen atoms in total. The number of hydrogen-bond donors (Lipinski definition) is 1. The van der Waals surface area contributed by atoms with E-state index in [1.54, 1.807) is 30.5 Å². The minimum Gasteiger partial charge on any atom is -0.488 e. The molecule has 0 heterocycles. The lowest BCUT2D eigenvalue weighted by Gasteiger charge is -2.11. The predicted molar refractivity (Wildman–Crippen MR) is 129 cm³/mol. The quantitative estimate of drug-likeness (QED) is 0.243. The van der Waals surface area contributed by atoms with Crippen LogP contribution < -0.4 is 10.2 Å². The molecular weight excluding hydrogens is 476 g/mol. The van der Waals surface area contributed by atoms with Gasteiger partial charge in [-0.1, -0.05) is 60.1 Å². The fraction of sp³-hybridized carbons (Fsp3) is 0.0400. The van der Waals surface area contributed by atoms with Crippen molar-refractivity contribution in [2.75, 3.05) is 0 Å². The summed E-state index contributed by atoms with van der Waals surface area (Å²) in [6.07, 6.45) is 1.57. The van der Waals surface area contributed by atoms with Crippen molar-refractivity contribution in [3.63, 3.8) is 0 Å². The van der Waals surface area contributed by atoms with Gasteiger partial charge in [0.2, 0.25) is 0 Å². The highest BCUT2D eigenvalue weighted by Gasteiger charge is 2.06. The smallest absolute Gasteiger partial charge is 0.271 e. The molecule has 31 heavy (non-hydrogen) atoms. The molecule has 0 atom stereocenters. The van der Waals surface area contributed by atoms with Crippen LogP contribution in [0.2, 0.25) is 5.02 Å². The number of fused-ring (bicyclic) bond motifs is 1. The number of rotatable bonds is 6. The van der Waals surface area contributed by atoms with Gasteiger partial charge in [-0.25, -0.2) is 5.43 Å². The van der Waals surface area contributed by atoms with E-state index in [0.29, 0.717) is 17.2 Å². The summed E-state index contributed by atoms with van der Waals surface area (Å²) in [6.45, 7) is 0.461. The van der Waals surface area contributed by atoms with Crippen LogP contribution in [0.25, 0.3) is 10.8 Å². The number of benzene rings is 4. The Labute approximate surface area is 193 Å². The second-order valence-corrected chi connectivity index (χ2v) is 8.12. The molecule has 0 spiro atoms. The van der Waals surface area contributed by atoms with Crippen molar-refractivity contribution in [3.8, 4) is 5.75 Å². The van der Waals surface area contributed by atoms with E-state index in [0.717, 1.165) is 21.3 Å². The molecule has 4 rings (SSSR count). The van der Waals surface area contributed by atoms with Crippen molar-refractivity contribution in [2.45, 2.75) is 6.61 Å². The lowest BCUT2D eigenvalue weighted by atomic mass is 10.1. The van der Waals surface area contributed by atoms with Crippen LogP contribution in [-0.2, 0) is 6.61 Å². The molecule has 1 N–H and O–H groups in total. The molecule has 4 aromatic rings. The van der Waals surface area contributed by atoms with Crippen molar-refractivity contribution >= 4 is 50.4 Å². The Morgan fingerprint density at radius 3 is 2.65 bits per heavy atom. The zero-order valence-corrected chi connectivity index (χ0v) is 18.7. The van der Waals surface area contributed by atoms with Crippen LogP contribution in [0.1, 0.15) is 21.5 Å². The summed E-state index contributed by atoms with van der Waals surface area (Å²) in [5.74, 6) is 0.404. The van der Waals surface area contributed by atoms with E-state index >= 15 is 0 Å². The number of nitrogens with one attached hydrogen (secondary N) is 1. The number of carbonyl (C=O) groups excluding carboxylic acids is 1. The largest absolute Gasteiger partial charge is 0.488 e. The van der Waals surface area contributed by atoms with E-state index in [1.807, 2.05) is 36.4 Å². The monoisotopic (exact) mass is 492 g/mol. The minimum absolute atomic E-state index is 0.326. The molecule has 0 aliphatic carbocycles. The highest BCUT2D eigenvalue weighted by atomic mass is 79.9. The zero-order valence-electron chi connectivity index (χ0n) is 16.4. The second kappa shape index (κ2) is 9.77. The summed E-state index contributed by atoms with van der Waals surface area (Å²) in [7, 11) is 0. The maximum atomic E-state index is 12.1. The number of halogens is 2. The number of amides is 1. The molecule has 0 aromatic heterocycles. The van der Waals surface area contributed by atoms with Gasteiger partial charge in [0.15, 0.2) is 0 Å². The average Bonchev–Trinajstić information content (AvgIpc) is 2.78. The fourth-order valence-corrected chi connectivity index (χ4v) is 3.85. The Bertz CT molecular complexity index is 1270. The van der Waals surface area contributed by atoms with Gasteiger partial charge in [-0.3, -0.25) is 4.79 Å². The molecule has 0 aliphatic rings. The average molecular weight is 494 g/mol. The molecule has 0 saturated heterocycles. The Morgan fingerprint density at radius 1 is 1.00 bits per heavy atom. The number of nitrogens with zero attached hydrogens (tertiary/aromatic N) is 1. The van der Waals surface area contributed by atoms with Crippen molar-refractivity contribution in [1.82, 2.24) is 5.43 Å². The third kappa shape index (κ3) is 5.32. The van der Waals surface area contributed by atoms with Crippen LogP contribution in [0.4, 0.5) is 0 Å². The van der Waals surface area contributed by atoms with Crippen LogP contribution in [0.5, 0.6) is 5.75 Å². The standard InChI is InChI=1S/C25H18BrClN2O2/c26-23-13-17(15-28-29-25(30)19-7-4-9-21(27)14-19)11-12-24(23)31-16-20-8-3-6-18-5-1-2-10-22(18)20/h1-15H,16H2,(H,29,30). The van der Waals surface area contributed by atoms with E-state index in [9.17, 15) is 4.79 Å². The first-order valence-corrected chi connectivity index (χ1v) is 10.8. The third-order valence-corrected chi connectivity index (χ3v) is 5.54. The SMILES string of the molecule is O=C(NN=Cc1ccc(OCc2cccc3ccccc23)c(Br)c1)c1cccc(Cl)c1. The molecule has 0 saturated carbocycles. The third-order valence-electron chi connectivity index (χ3n) is 4.69. The van der Waals surface area contributed by atoms with Gasteiger partial charge in [0, 0.05) is 10.6 Å². The van der Waals surface area contributed by atoms with Crippen molar-refractivity contribution in [1.29, 1.82) is 0 Å². The van der Waals surface area contributed by atoms with E-state index in [2.05, 4.69) is 50.7 Å². The molecule has 1 amide bonds. The summed E-state index contributed by atoms with van der Waals surface area (Å²) >= 11 is 9.46. The van der Waals surface area contributed by atoms with Crippen LogP contribution in [0.15, 0.2) is 94.5 Å². The normalized spacial score (nSPS) is 11.0. The van der Waals surface area contributed by atoms with Gasteiger partial charge in [0.1, 0.15) is 12.4 Å². The first-order chi connectivity index (χ1) is 15.1. The summed E-state index contributed by atoms with van der Waals surface area (Å²) in [5.41, 5.74) is 4.88. The van der Waals surface area contributed by atoms with Gasteiger partial charge in [-0.2, -0.15) is 5.10 Å². The van der Waals surface area contributed by atoms with Gasteiger partial charge >= 0.3 is 0 Å². The Morgan fingerprint density at radius 2 is 1.81 bits per heavy atom. The van der Waals surface area contributed by atoms with Crippen LogP contribution >= 0.6 is 27.5 Å². The highest BCUT2D eigenvalue weighted by Crippen LogP contribution is 2.27. The Kier molecular flexibility index (Phi) is 6.65. The van der Waals surface area contributed by atoms with Crippen molar-refractivity contribution in [2.24, 2.45) is 5.10 Å². The molecule has 0 aliphatic heterocycles. The molecule has 0 unspecified atom stereocenters. The lowest BCUT2D eigenvalue weighted by molar-refractivity contribution is 0.0955. The van der Waals surface area contributed by atoms with Gasteiger partial charge in [0.05, 0.1) is 10.7 Å². The zero-order chi connectivity index (χ0) is 21.6. The second-order valence-electron chi connectivity index (χ2n) is 6.83. The van der Waals surface area contributed by atoms with Crippen LogP contribution in [0.3, 0.4) is 0 Å². The molecule has 0 bridgehead atoms. The van der Waals surface area contributed by atoms with Crippen LogP contribution in [-0.4, -0.2) is 12.1 Å². The Hall–Kier alpha value is -3.15. The molecule has 6 heteroatoms. The number of ether oxygens (including phenoxy) is 1. The minimum atomic E-state index is -0.326. The van der Waals surface area contributed by atoms with E-state index in [1.165, 1.54) is 10.8 Å². The summed E-state index contributed by atoms with van der Waals surface area (Å²) in [5, 5.41) is 6.89. The van der Waals surface area contributed by atoms with E-state index in [-0.39, 0.29) is 5.91 Å². The maximum absolute atomic E-state index is 12.1. The molecule has 4 aromatic carbocycles. The van der Waals surface area contributed by atoms with Gasteiger partial charge in [0.25, 0.3) is 5.91 Å². The first kappa shape index (κ1) is 21.1. The number of carbonyl (C=O) groups is 1. The summed E-state index contributed by atoms with van der Waals surface area (Å²) in [4.78, 5) is 12.1. The lowest BCUT2D eigenvalue weighted by Crippen LogP contribution is -2.17. The molecule has 0 radical (unpaired) electrons. The Balaban J connectivity index is 1.40. The van der Waals surface area contributed by atoms with E-state index < -0.39 is 0 Å². The fourth-order valence-electron chi connectivity index (χ4n) is 3.15. The molecular formula is C25H18BrClN2O2. The first-order valence-electron chi connectivity index (χ1n) is 9.58. The predicted octanol–water partition coefficient (Wildman–Crippen LogP) is 6.60. The number of hydrazone groups is 1. The summed E-state index contributed by atoms with van der Waals surface area (Å²) < 4.78 is 6.83. The molecule has 0 fully saturated rings. The van der Waals surface area contributed by atoms with E-state index in [4.69, 9.17) is 16.3 Å².